The zero-order valence-electron chi connectivity index (χ0n) is 16.1. The Bertz CT molecular complexity index is 1100. The van der Waals surface area contributed by atoms with E-state index in [1.165, 1.54) is 42.0 Å². The van der Waals surface area contributed by atoms with Gasteiger partial charge in [-0.3, -0.25) is 0 Å². The zero-order chi connectivity index (χ0) is 20.4. The van der Waals surface area contributed by atoms with Gasteiger partial charge in [0.2, 0.25) is 0 Å². The van der Waals surface area contributed by atoms with Gasteiger partial charge in [0.15, 0.2) is 0 Å². The second kappa shape index (κ2) is 8.64. The first-order valence-corrected chi connectivity index (χ1v) is 10.8. The molecule has 0 fully saturated rings. The molecule has 0 unspecified atom stereocenters. The van der Waals surface area contributed by atoms with E-state index in [1.54, 1.807) is 12.1 Å². The van der Waals surface area contributed by atoms with Crippen LogP contribution in [0.3, 0.4) is 0 Å². The third kappa shape index (κ3) is 4.22. The molecule has 0 saturated carbocycles. The van der Waals surface area contributed by atoms with Crippen LogP contribution in [0.25, 0.3) is 17.0 Å². The van der Waals surface area contributed by atoms with Crippen LogP contribution in [0.5, 0.6) is 0 Å². The molecule has 4 rings (SSSR count). The first kappa shape index (κ1) is 20.1. The molecule has 1 aromatic heterocycles. The Morgan fingerprint density at radius 1 is 1.07 bits per heavy atom. The smallest absolute Gasteiger partial charge is 0.328 e. The molecule has 1 heterocycles. The Morgan fingerprint density at radius 2 is 1.86 bits per heavy atom. The fourth-order valence-corrected chi connectivity index (χ4v) is 4.83. The molecule has 0 spiro atoms. The minimum Gasteiger partial charge on any atom is -0.478 e. The average Bonchev–Trinajstić information content (AvgIpc) is 2.94. The van der Waals surface area contributed by atoms with E-state index in [9.17, 15) is 4.79 Å². The van der Waals surface area contributed by atoms with Gasteiger partial charge in [-0.05, 0) is 60.6 Å². The maximum absolute atomic E-state index is 11.1. The van der Waals surface area contributed by atoms with Crippen molar-refractivity contribution in [1.29, 1.82) is 0 Å². The second-order valence-electron chi connectivity index (χ2n) is 7.58. The highest BCUT2D eigenvalue weighted by molar-refractivity contribution is 6.35. The van der Waals surface area contributed by atoms with Crippen molar-refractivity contribution in [2.75, 3.05) is 0 Å². The molecule has 0 atom stereocenters. The Labute approximate surface area is 180 Å². The lowest BCUT2D eigenvalue weighted by Crippen LogP contribution is -2.08. The number of nitrogens with zero attached hydrogens (tertiary/aromatic N) is 1. The van der Waals surface area contributed by atoms with E-state index in [4.69, 9.17) is 28.3 Å². The molecule has 3 nitrogen and oxygen atoms in total. The number of carboxylic acid groups (broad SMARTS) is 1. The predicted octanol–water partition coefficient (Wildman–Crippen LogP) is 6.75. The number of aromatic nitrogens is 1. The van der Waals surface area contributed by atoms with Crippen molar-refractivity contribution in [3.05, 3.63) is 74.9 Å². The summed E-state index contributed by atoms with van der Waals surface area (Å²) in [6.45, 7) is 0.639. The highest BCUT2D eigenvalue weighted by atomic mass is 35.5. The number of rotatable bonds is 4. The Balaban J connectivity index is 1.94. The molecule has 3 aromatic rings. The Morgan fingerprint density at radius 3 is 2.62 bits per heavy atom. The summed E-state index contributed by atoms with van der Waals surface area (Å²) >= 11 is 12.6. The van der Waals surface area contributed by atoms with E-state index in [-0.39, 0.29) is 0 Å². The van der Waals surface area contributed by atoms with Crippen LogP contribution < -0.4 is 0 Å². The number of para-hydroxylation sites is 1. The van der Waals surface area contributed by atoms with Crippen LogP contribution in [0.15, 0.2) is 42.5 Å². The molecule has 5 heteroatoms. The highest BCUT2D eigenvalue weighted by Gasteiger charge is 2.20. The van der Waals surface area contributed by atoms with Crippen LogP contribution in [0.1, 0.15) is 48.1 Å². The van der Waals surface area contributed by atoms with Crippen molar-refractivity contribution in [3.63, 3.8) is 0 Å². The molecule has 0 aliphatic heterocycles. The van der Waals surface area contributed by atoms with Crippen LogP contribution in [0.2, 0.25) is 10.0 Å². The number of halogens is 2. The largest absolute Gasteiger partial charge is 0.478 e. The number of aliphatic carboxylic acids is 1. The van der Waals surface area contributed by atoms with Gasteiger partial charge in [0.1, 0.15) is 0 Å². The molecule has 0 saturated heterocycles. The van der Waals surface area contributed by atoms with E-state index in [0.717, 1.165) is 35.9 Å². The van der Waals surface area contributed by atoms with E-state index >= 15 is 0 Å². The lowest BCUT2D eigenvalue weighted by atomic mass is 9.96. The molecule has 150 valence electrons. The normalized spacial score (nSPS) is 14.7. The summed E-state index contributed by atoms with van der Waals surface area (Å²) < 4.78 is 2.34. The summed E-state index contributed by atoms with van der Waals surface area (Å²) in [5.41, 5.74) is 5.76. The van der Waals surface area contributed by atoms with Crippen molar-refractivity contribution in [3.8, 4) is 0 Å². The summed E-state index contributed by atoms with van der Waals surface area (Å²) in [5, 5.41) is 11.6. The summed E-state index contributed by atoms with van der Waals surface area (Å²) in [7, 11) is 0. The van der Waals surface area contributed by atoms with E-state index < -0.39 is 5.97 Å². The first-order chi connectivity index (χ1) is 14.0. The van der Waals surface area contributed by atoms with Gasteiger partial charge in [-0.2, -0.15) is 0 Å². The minimum atomic E-state index is -0.945. The van der Waals surface area contributed by atoms with Gasteiger partial charge in [0.25, 0.3) is 0 Å². The number of fused-ring (bicyclic) bond motifs is 3. The van der Waals surface area contributed by atoms with Gasteiger partial charge in [-0.25, -0.2) is 4.79 Å². The van der Waals surface area contributed by atoms with Gasteiger partial charge in [0, 0.05) is 33.7 Å². The number of benzene rings is 2. The van der Waals surface area contributed by atoms with Crippen molar-refractivity contribution in [1.82, 2.24) is 4.57 Å². The third-order valence-electron chi connectivity index (χ3n) is 5.68. The topological polar surface area (TPSA) is 42.2 Å². The lowest BCUT2D eigenvalue weighted by molar-refractivity contribution is -0.131. The number of hydrogen-bond donors (Lipinski definition) is 1. The van der Waals surface area contributed by atoms with Gasteiger partial charge >= 0.3 is 5.97 Å². The standard InChI is InChI=1S/C24H23Cl2NO2/c25-18-12-10-17(21(26)14-18)15-27-22-9-4-2-1-3-7-19(22)20-8-5-6-16(24(20)27)11-13-23(28)29/h5-6,8,10-14H,1-4,7,9,15H2,(H,28,29)/b13-11+. The van der Waals surface area contributed by atoms with E-state index in [0.29, 0.717) is 16.6 Å². The monoisotopic (exact) mass is 427 g/mol. The van der Waals surface area contributed by atoms with E-state index in [1.807, 2.05) is 24.3 Å². The molecule has 0 radical (unpaired) electrons. The summed E-state index contributed by atoms with van der Waals surface area (Å²) in [6.07, 6.45) is 9.83. The predicted molar refractivity (Wildman–Crippen MR) is 120 cm³/mol. The van der Waals surface area contributed by atoms with Crippen molar-refractivity contribution >= 4 is 46.2 Å². The first-order valence-electron chi connectivity index (χ1n) is 10.0. The third-order valence-corrected chi connectivity index (χ3v) is 6.26. The van der Waals surface area contributed by atoms with Gasteiger partial charge in [0.05, 0.1) is 5.52 Å². The Hall–Kier alpha value is -2.23. The lowest BCUT2D eigenvalue weighted by Gasteiger charge is -2.16. The molecule has 1 aliphatic rings. The SMILES string of the molecule is O=C(O)/C=C/c1cccc2c3c(n(Cc4ccc(Cl)cc4Cl)c12)CCCCCC3. The summed E-state index contributed by atoms with van der Waals surface area (Å²) in [6, 6.07) is 11.8. The van der Waals surface area contributed by atoms with Crippen LogP contribution in [-0.4, -0.2) is 15.6 Å². The van der Waals surface area contributed by atoms with Crippen LogP contribution in [-0.2, 0) is 24.2 Å². The maximum Gasteiger partial charge on any atom is 0.328 e. The van der Waals surface area contributed by atoms with Crippen LogP contribution in [0, 0.1) is 0 Å². The molecular weight excluding hydrogens is 405 g/mol. The molecule has 29 heavy (non-hydrogen) atoms. The average molecular weight is 428 g/mol. The fourth-order valence-electron chi connectivity index (χ4n) is 4.36. The number of carbonyl (C=O) groups is 1. The van der Waals surface area contributed by atoms with Gasteiger partial charge in [-0.1, -0.05) is 60.3 Å². The Kier molecular flexibility index (Phi) is 5.98. The van der Waals surface area contributed by atoms with Gasteiger partial charge < -0.3 is 9.67 Å². The summed E-state index contributed by atoms with van der Waals surface area (Å²) in [4.78, 5) is 11.1. The molecule has 1 N–H and O–H groups in total. The molecule has 1 aliphatic carbocycles. The summed E-state index contributed by atoms with van der Waals surface area (Å²) in [5.74, 6) is -0.945. The maximum atomic E-state index is 11.1. The zero-order valence-corrected chi connectivity index (χ0v) is 17.6. The van der Waals surface area contributed by atoms with Crippen molar-refractivity contribution in [2.24, 2.45) is 0 Å². The van der Waals surface area contributed by atoms with Gasteiger partial charge in [-0.15, -0.1) is 0 Å². The number of hydrogen-bond acceptors (Lipinski definition) is 1. The second-order valence-corrected chi connectivity index (χ2v) is 8.42. The highest BCUT2D eigenvalue weighted by Crippen LogP contribution is 2.35. The molecule has 2 aromatic carbocycles. The molecular formula is C24H23Cl2NO2. The van der Waals surface area contributed by atoms with Crippen molar-refractivity contribution < 1.29 is 9.90 Å². The molecule has 0 amide bonds. The quantitative estimate of drug-likeness (QED) is 0.467. The van der Waals surface area contributed by atoms with Crippen molar-refractivity contribution in [2.45, 2.75) is 45.1 Å². The molecule has 0 bridgehead atoms. The number of carboxylic acids is 1. The fraction of sp³-hybridized carbons (Fsp3) is 0.292. The van der Waals surface area contributed by atoms with Crippen LogP contribution >= 0.6 is 23.2 Å². The number of aryl methyl sites for hydroxylation is 1. The minimum absolute atomic E-state index is 0.622. The van der Waals surface area contributed by atoms with E-state index in [2.05, 4.69) is 10.6 Å². The van der Waals surface area contributed by atoms with Crippen LogP contribution in [0.4, 0.5) is 0 Å².